The van der Waals surface area contributed by atoms with Gasteiger partial charge in [-0.25, -0.2) is 0 Å². The molecule has 0 radical (unpaired) electrons. The molecule has 0 aromatic heterocycles. The molecule has 2 unspecified atom stereocenters. The second kappa shape index (κ2) is 9.87. The Balaban J connectivity index is 0. The van der Waals surface area contributed by atoms with Crippen molar-refractivity contribution >= 4 is 0 Å². The second-order valence-electron chi connectivity index (χ2n) is 3.06. The summed E-state index contributed by atoms with van der Waals surface area (Å²) >= 11 is 0. The molecule has 2 atom stereocenters. The van der Waals surface area contributed by atoms with E-state index in [1.54, 1.807) is 0 Å². The maximum absolute atomic E-state index is 9.16. The first-order chi connectivity index (χ1) is 5.20. The fraction of sp³-hybridized carbons (Fsp3) is 1.00. The summed E-state index contributed by atoms with van der Waals surface area (Å²) in [7, 11) is 0. The summed E-state index contributed by atoms with van der Waals surface area (Å²) in [5.41, 5.74) is 0. The van der Waals surface area contributed by atoms with Gasteiger partial charge in [-0.05, 0) is 32.1 Å². The van der Waals surface area contributed by atoms with Crippen molar-refractivity contribution in [2.24, 2.45) is 0 Å². The Kier molecular flexibility index (Phi) is 12.6. The average Bonchev–Trinajstić information content (AvgIpc) is 2.04. The van der Waals surface area contributed by atoms with Crippen LogP contribution in [0.25, 0.3) is 0 Å². The monoisotopic (exact) mass is 340 g/mol. The van der Waals surface area contributed by atoms with Gasteiger partial charge in [0.1, 0.15) is 0 Å². The quantitative estimate of drug-likeness (QED) is 0.724. The summed E-state index contributed by atoms with van der Waals surface area (Å²) in [6, 6.07) is 0. The summed E-state index contributed by atoms with van der Waals surface area (Å²) in [4.78, 5) is 0. The minimum Gasteiger partial charge on any atom is -0.393 e. The Hall–Kier alpha value is 0.790. The van der Waals surface area contributed by atoms with Gasteiger partial charge >= 0.3 is 0 Å². The zero-order valence-corrected chi connectivity index (χ0v) is 11.7. The molecule has 0 saturated heterocycles. The van der Waals surface area contributed by atoms with E-state index in [2.05, 4.69) is 0 Å². The van der Waals surface area contributed by atoms with Gasteiger partial charge in [-0.2, -0.15) is 0 Å². The molecule has 2 N–H and O–H groups in total. The first-order valence-electron chi connectivity index (χ1n) is 4.56. The van der Waals surface area contributed by atoms with Crippen molar-refractivity contribution in [3.63, 3.8) is 0 Å². The first kappa shape index (κ1) is 15.3. The van der Waals surface area contributed by atoms with Crippen molar-refractivity contribution in [3.8, 4) is 0 Å². The summed E-state index contributed by atoms with van der Waals surface area (Å²) in [6.07, 6.45) is 3.90. The largest absolute Gasteiger partial charge is 0.393 e. The zero-order valence-electron chi connectivity index (χ0n) is 8.08. The third-order valence-corrected chi connectivity index (χ3v) is 2.02. The van der Waals surface area contributed by atoms with Gasteiger partial charge in [0.05, 0.1) is 12.2 Å². The molecule has 0 bridgehead atoms. The van der Waals surface area contributed by atoms with Gasteiger partial charge in [0.2, 0.25) is 0 Å². The molecule has 0 spiro atoms. The Morgan fingerprint density at radius 2 is 1.25 bits per heavy atom. The number of rotatable bonds is 6. The molecule has 0 aliphatic heterocycles. The maximum Gasteiger partial charge on any atom is 0.0537 e. The topological polar surface area (TPSA) is 40.5 Å². The van der Waals surface area contributed by atoms with E-state index in [4.69, 9.17) is 10.2 Å². The van der Waals surface area contributed by atoms with Crippen LogP contribution in [0.5, 0.6) is 0 Å². The molecule has 12 heavy (non-hydrogen) atoms. The number of aliphatic hydroxyl groups excluding tert-OH is 2. The Bertz CT molecular complexity index is 78.6. The molecular formula is C9H20HfO2. The van der Waals surface area contributed by atoms with E-state index in [1.165, 1.54) is 0 Å². The van der Waals surface area contributed by atoms with E-state index < -0.39 is 0 Å². The third kappa shape index (κ3) is 8.88. The minimum atomic E-state index is -0.168. The van der Waals surface area contributed by atoms with Crippen LogP contribution in [0.4, 0.5) is 0 Å². The molecule has 0 saturated carbocycles. The van der Waals surface area contributed by atoms with Crippen molar-refractivity contribution < 1.29 is 36.1 Å². The van der Waals surface area contributed by atoms with Crippen LogP contribution in [-0.4, -0.2) is 22.4 Å². The van der Waals surface area contributed by atoms with Gasteiger partial charge in [0, 0.05) is 25.8 Å². The minimum absolute atomic E-state index is 0. The second-order valence-corrected chi connectivity index (χ2v) is 3.06. The van der Waals surface area contributed by atoms with Crippen LogP contribution >= 0.6 is 0 Å². The molecule has 0 aromatic rings. The van der Waals surface area contributed by atoms with Crippen molar-refractivity contribution in [2.45, 2.75) is 58.2 Å². The van der Waals surface area contributed by atoms with E-state index >= 15 is 0 Å². The standard InChI is InChI=1S/C9H20O2.Hf/c1-3-8(10)6-5-7-9(11)4-2;/h8-11H,3-7H2,1-2H3;. The summed E-state index contributed by atoms with van der Waals surface area (Å²) in [5, 5.41) is 18.3. The van der Waals surface area contributed by atoms with Gasteiger partial charge < -0.3 is 10.2 Å². The Morgan fingerprint density at radius 1 is 0.917 bits per heavy atom. The summed E-state index contributed by atoms with van der Waals surface area (Å²) in [5.74, 6) is 0. The fourth-order valence-corrected chi connectivity index (χ4v) is 0.997. The van der Waals surface area contributed by atoms with E-state index in [9.17, 15) is 0 Å². The third-order valence-electron chi connectivity index (χ3n) is 2.02. The molecule has 0 aliphatic rings. The molecule has 0 fully saturated rings. The molecule has 0 amide bonds. The number of hydrogen-bond acceptors (Lipinski definition) is 2. The van der Waals surface area contributed by atoms with Crippen LogP contribution in [0, 0.1) is 0 Å². The molecule has 72 valence electrons. The predicted octanol–water partition coefficient (Wildman–Crippen LogP) is 1.70. The SMILES string of the molecule is CCC(O)CCCC(O)CC.[Hf]. The van der Waals surface area contributed by atoms with E-state index in [0.717, 1.165) is 32.1 Å². The molecule has 0 rings (SSSR count). The maximum atomic E-state index is 9.16. The van der Waals surface area contributed by atoms with Crippen molar-refractivity contribution in [1.82, 2.24) is 0 Å². The van der Waals surface area contributed by atoms with Crippen molar-refractivity contribution in [1.29, 1.82) is 0 Å². The van der Waals surface area contributed by atoms with Crippen LogP contribution in [0.2, 0.25) is 0 Å². The molecule has 0 aromatic carbocycles. The van der Waals surface area contributed by atoms with Crippen LogP contribution in [0.15, 0.2) is 0 Å². The summed E-state index contributed by atoms with van der Waals surface area (Å²) in [6.45, 7) is 3.95. The fourth-order valence-electron chi connectivity index (χ4n) is 0.997. The molecule has 0 aliphatic carbocycles. The smallest absolute Gasteiger partial charge is 0.0537 e. The normalized spacial score (nSPS) is 15.0. The van der Waals surface area contributed by atoms with E-state index in [0.29, 0.717) is 0 Å². The van der Waals surface area contributed by atoms with Crippen LogP contribution in [0.3, 0.4) is 0 Å². The average molecular weight is 339 g/mol. The summed E-state index contributed by atoms with van der Waals surface area (Å²) < 4.78 is 0. The molecular weight excluding hydrogens is 319 g/mol. The van der Waals surface area contributed by atoms with Crippen LogP contribution in [0.1, 0.15) is 46.0 Å². The zero-order chi connectivity index (χ0) is 8.69. The number of aliphatic hydroxyl groups is 2. The number of hydrogen-bond donors (Lipinski definition) is 2. The van der Waals surface area contributed by atoms with E-state index in [1.807, 2.05) is 13.8 Å². The van der Waals surface area contributed by atoms with Gasteiger partial charge in [-0.1, -0.05) is 13.8 Å². The van der Waals surface area contributed by atoms with Crippen molar-refractivity contribution in [3.05, 3.63) is 0 Å². The first-order valence-corrected chi connectivity index (χ1v) is 4.56. The molecule has 2 nitrogen and oxygen atoms in total. The van der Waals surface area contributed by atoms with Gasteiger partial charge in [-0.15, -0.1) is 0 Å². The van der Waals surface area contributed by atoms with Crippen LogP contribution in [-0.2, 0) is 25.8 Å². The van der Waals surface area contributed by atoms with Gasteiger partial charge in [0.25, 0.3) is 0 Å². The van der Waals surface area contributed by atoms with Gasteiger partial charge in [0.15, 0.2) is 0 Å². The predicted molar refractivity (Wildman–Crippen MR) is 46.4 cm³/mol. The molecule has 3 heteroatoms. The van der Waals surface area contributed by atoms with Gasteiger partial charge in [-0.3, -0.25) is 0 Å². The van der Waals surface area contributed by atoms with Crippen LogP contribution < -0.4 is 0 Å². The van der Waals surface area contributed by atoms with E-state index in [-0.39, 0.29) is 38.1 Å². The van der Waals surface area contributed by atoms with Crippen molar-refractivity contribution in [2.75, 3.05) is 0 Å². The Labute approximate surface area is 94.2 Å². The Morgan fingerprint density at radius 3 is 1.50 bits per heavy atom. The molecule has 0 heterocycles.